The smallest absolute Gasteiger partial charge is 0.108 e. The molecule has 1 N–H and O–H groups in total. The van der Waals surface area contributed by atoms with Gasteiger partial charge in [-0.05, 0) is 52.8 Å². The van der Waals surface area contributed by atoms with E-state index in [0.717, 1.165) is 15.8 Å². The third kappa shape index (κ3) is 5.31. The number of halogens is 1. The van der Waals surface area contributed by atoms with Crippen LogP contribution in [0.4, 0.5) is 11.4 Å². The lowest BCUT2D eigenvalue weighted by atomic mass is 10.1. The molecule has 0 amide bonds. The molecule has 1 aromatic rings. The molecule has 17 heavy (non-hydrogen) atoms. The molecule has 0 aliphatic heterocycles. The lowest BCUT2D eigenvalue weighted by molar-refractivity contribution is 0.552. The first kappa shape index (κ1) is 14.2. The quantitative estimate of drug-likeness (QED) is 0.770. The van der Waals surface area contributed by atoms with E-state index in [2.05, 4.69) is 45.3 Å². The second-order valence-corrected chi connectivity index (χ2v) is 6.25. The molecule has 0 bridgehead atoms. The SMILES string of the molecule is CC(C)Nc1cc(Br)ccc1N=NC(C)(C)C. The zero-order valence-electron chi connectivity index (χ0n) is 11.1. The average Bonchev–Trinajstić information content (AvgIpc) is 2.14. The number of hydrogen-bond donors (Lipinski definition) is 1. The van der Waals surface area contributed by atoms with Gasteiger partial charge in [0.2, 0.25) is 0 Å². The predicted molar refractivity (Wildman–Crippen MR) is 77.2 cm³/mol. The number of anilines is 1. The number of benzene rings is 1. The molecular weight excluding hydrogens is 278 g/mol. The molecule has 0 saturated carbocycles. The Kier molecular flexibility index (Phi) is 4.69. The highest BCUT2D eigenvalue weighted by Crippen LogP contribution is 2.30. The molecule has 0 heterocycles. The fourth-order valence-electron chi connectivity index (χ4n) is 1.23. The van der Waals surface area contributed by atoms with Crippen LogP contribution in [0.25, 0.3) is 0 Å². The van der Waals surface area contributed by atoms with Crippen molar-refractivity contribution in [3.63, 3.8) is 0 Å². The van der Waals surface area contributed by atoms with Crippen LogP contribution in [0.1, 0.15) is 34.6 Å². The van der Waals surface area contributed by atoms with E-state index in [1.54, 1.807) is 0 Å². The molecule has 94 valence electrons. The maximum Gasteiger partial charge on any atom is 0.108 e. The molecule has 1 rings (SSSR count). The van der Waals surface area contributed by atoms with Crippen LogP contribution in [-0.2, 0) is 0 Å². The summed E-state index contributed by atoms with van der Waals surface area (Å²) in [5.41, 5.74) is 1.72. The third-order valence-corrected chi connectivity index (χ3v) is 2.35. The Morgan fingerprint density at radius 1 is 1.24 bits per heavy atom. The Morgan fingerprint density at radius 3 is 2.41 bits per heavy atom. The van der Waals surface area contributed by atoms with Crippen molar-refractivity contribution >= 4 is 27.3 Å². The standard InChI is InChI=1S/C13H20BrN3/c1-9(2)15-12-8-10(14)6-7-11(12)16-17-13(3,4)5/h6-9,15H,1-5H3. The predicted octanol–water partition coefficient (Wildman–Crippen LogP) is 5.15. The van der Waals surface area contributed by atoms with E-state index in [9.17, 15) is 0 Å². The van der Waals surface area contributed by atoms with Gasteiger partial charge < -0.3 is 5.32 Å². The topological polar surface area (TPSA) is 36.8 Å². The van der Waals surface area contributed by atoms with Crippen molar-refractivity contribution in [2.45, 2.75) is 46.2 Å². The Bertz CT molecular complexity index is 406. The highest BCUT2D eigenvalue weighted by molar-refractivity contribution is 9.10. The molecule has 0 aliphatic carbocycles. The Hall–Kier alpha value is -0.900. The van der Waals surface area contributed by atoms with E-state index in [0.29, 0.717) is 6.04 Å². The van der Waals surface area contributed by atoms with Crippen LogP contribution in [0.15, 0.2) is 32.9 Å². The Labute approximate surface area is 112 Å². The van der Waals surface area contributed by atoms with E-state index >= 15 is 0 Å². The van der Waals surface area contributed by atoms with Gasteiger partial charge in [-0.3, -0.25) is 0 Å². The summed E-state index contributed by atoms with van der Waals surface area (Å²) in [7, 11) is 0. The minimum Gasteiger partial charge on any atom is -0.381 e. The lowest BCUT2D eigenvalue weighted by Crippen LogP contribution is -2.10. The largest absolute Gasteiger partial charge is 0.381 e. The molecule has 0 saturated heterocycles. The molecule has 0 aromatic heterocycles. The molecule has 0 radical (unpaired) electrons. The van der Waals surface area contributed by atoms with Gasteiger partial charge in [-0.15, -0.1) is 0 Å². The van der Waals surface area contributed by atoms with E-state index in [4.69, 9.17) is 0 Å². The zero-order chi connectivity index (χ0) is 13.1. The van der Waals surface area contributed by atoms with Crippen LogP contribution >= 0.6 is 15.9 Å². The van der Waals surface area contributed by atoms with Gasteiger partial charge in [-0.25, -0.2) is 0 Å². The van der Waals surface area contributed by atoms with Crippen LogP contribution in [0, 0.1) is 0 Å². The first-order chi connectivity index (χ1) is 7.78. The highest BCUT2D eigenvalue weighted by atomic mass is 79.9. The second-order valence-electron chi connectivity index (χ2n) is 5.33. The molecule has 0 aliphatic rings. The molecular formula is C13H20BrN3. The first-order valence-corrected chi connectivity index (χ1v) is 6.56. The van der Waals surface area contributed by atoms with Gasteiger partial charge in [0, 0.05) is 10.5 Å². The van der Waals surface area contributed by atoms with E-state index in [1.807, 2.05) is 39.0 Å². The summed E-state index contributed by atoms with van der Waals surface area (Å²) in [5, 5.41) is 12.0. The summed E-state index contributed by atoms with van der Waals surface area (Å²) in [5.74, 6) is 0. The van der Waals surface area contributed by atoms with E-state index in [1.165, 1.54) is 0 Å². The molecule has 0 atom stereocenters. The van der Waals surface area contributed by atoms with Crippen molar-refractivity contribution in [3.05, 3.63) is 22.7 Å². The van der Waals surface area contributed by atoms with Crippen LogP contribution in [0.3, 0.4) is 0 Å². The third-order valence-electron chi connectivity index (χ3n) is 1.86. The lowest BCUT2D eigenvalue weighted by Gasteiger charge is -2.14. The minimum absolute atomic E-state index is 0.151. The summed E-state index contributed by atoms with van der Waals surface area (Å²) in [6, 6.07) is 6.33. The molecule has 0 spiro atoms. The number of hydrogen-bond acceptors (Lipinski definition) is 3. The van der Waals surface area contributed by atoms with Crippen LogP contribution < -0.4 is 5.32 Å². The summed E-state index contributed by atoms with van der Waals surface area (Å²) in [6.45, 7) is 10.3. The normalized spacial score (nSPS) is 12.4. The molecule has 0 fully saturated rings. The van der Waals surface area contributed by atoms with Crippen molar-refractivity contribution < 1.29 is 0 Å². The maximum atomic E-state index is 4.31. The first-order valence-electron chi connectivity index (χ1n) is 5.77. The summed E-state index contributed by atoms with van der Waals surface area (Å²) >= 11 is 3.46. The monoisotopic (exact) mass is 297 g/mol. The highest BCUT2D eigenvalue weighted by Gasteiger charge is 2.09. The van der Waals surface area contributed by atoms with Crippen LogP contribution in [0.2, 0.25) is 0 Å². The van der Waals surface area contributed by atoms with Crippen molar-refractivity contribution in [2.75, 3.05) is 5.32 Å². The van der Waals surface area contributed by atoms with Crippen molar-refractivity contribution in [3.8, 4) is 0 Å². The van der Waals surface area contributed by atoms with Crippen LogP contribution in [-0.4, -0.2) is 11.6 Å². The number of azo groups is 1. The van der Waals surface area contributed by atoms with Gasteiger partial charge in [-0.1, -0.05) is 15.9 Å². The van der Waals surface area contributed by atoms with Gasteiger partial charge in [0.15, 0.2) is 0 Å². The molecule has 0 unspecified atom stereocenters. The molecule has 3 nitrogen and oxygen atoms in total. The fourth-order valence-corrected chi connectivity index (χ4v) is 1.59. The van der Waals surface area contributed by atoms with Gasteiger partial charge in [0.1, 0.15) is 5.69 Å². The fraction of sp³-hybridized carbons (Fsp3) is 0.538. The van der Waals surface area contributed by atoms with E-state index in [-0.39, 0.29) is 5.54 Å². The number of nitrogens with one attached hydrogen (secondary N) is 1. The summed E-state index contributed by atoms with van der Waals surface area (Å²) in [6.07, 6.45) is 0. The Balaban J connectivity index is 3.02. The van der Waals surface area contributed by atoms with Crippen molar-refractivity contribution in [1.82, 2.24) is 0 Å². The Morgan fingerprint density at radius 2 is 1.88 bits per heavy atom. The summed E-state index contributed by atoms with van der Waals surface area (Å²) < 4.78 is 1.04. The number of rotatable bonds is 3. The summed E-state index contributed by atoms with van der Waals surface area (Å²) in [4.78, 5) is 0. The number of nitrogens with zero attached hydrogens (tertiary/aromatic N) is 2. The second kappa shape index (κ2) is 5.63. The maximum absolute atomic E-state index is 4.31. The van der Waals surface area contributed by atoms with Crippen LogP contribution in [0.5, 0.6) is 0 Å². The average molecular weight is 298 g/mol. The molecule has 1 aromatic carbocycles. The molecule has 4 heteroatoms. The van der Waals surface area contributed by atoms with Gasteiger partial charge >= 0.3 is 0 Å². The van der Waals surface area contributed by atoms with Gasteiger partial charge in [-0.2, -0.15) is 10.2 Å². The van der Waals surface area contributed by atoms with Gasteiger partial charge in [0.05, 0.1) is 11.2 Å². The van der Waals surface area contributed by atoms with E-state index < -0.39 is 0 Å². The van der Waals surface area contributed by atoms with Crippen molar-refractivity contribution in [1.29, 1.82) is 0 Å². The van der Waals surface area contributed by atoms with Gasteiger partial charge in [0.25, 0.3) is 0 Å². The van der Waals surface area contributed by atoms with Crippen molar-refractivity contribution in [2.24, 2.45) is 10.2 Å². The minimum atomic E-state index is -0.151. The zero-order valence-corrected chi connectivity index (χ0v) is 12.7.